The summed E-state index contributed by atoms with van der Waals surface area (Å²) >= 11 is 0. The van der Waals surface area contributed by atoms with E-state index in [0.29, 0.717) is 26.2 Å². The molecule has 2 fully saturated rings. The van der Waals surface area contributed by atoms with Crippen molar-refractivity contribution in [2.24, 2.45) is 11.1 Å². The molecule has 0 aromatic rings. The maximum absolute atomic E-state index is 12.9. The molecule has 2 amide bonds. The standard InChI is InChI=1S/C16H30N4O3.2ClH/c1-18(2)14(21)3-6-19-7-9-20(10-8-19)15(22)16(13-17)4-11-23-12-5-16;;/h3-13,17H2,1-2H3;2*1H. The van der Waals surface area contributed by atoms with Gasteiger partial charge in [-0.05, 0) is 12.8 Å². The van der Waals surface area contributed by atoms with Crippen LogP contribution >= 0.6 is 24.8 Å². The van der Waals surface area contributed by atoms with E-state index in [-0.39, 0.29) is 36.6 Å². The highest BCUT2D eigenvalue weighted by molar-refractivity contribution is 5.85. The van der Waals surface area contributed by atoms with E-state index in [2.05, 4.69) is 4.90 Å². The van der Waals surface area contributed by atoms with Crippen molar-refractivity contribution in [2.75, 3.05) is 66.6 Å². The van der Waals surface area contributed by atoms with Gasteiger partial charge in [0.2, 0.25) is 11.8 Å². The van der Waals surface area contributed by atoms with E-state index in [1.165, 1.54) is 0 Å². The Hall–Kier alpha value is -0.600. The van der Waals surface area contributed by atoms with Crippen LogP contribution in [0.3, 0.4) is 0 Å². The third kappa shape index (κ3) is 6.25. The molecule has 2 rings (SSSR count). The normalized spacial score (nSPS) is 20.2. The number of amides is 2. The third-order valence-corrected chi connectivity index (χ3v) is 5.09. The van der Waals surface area contributed by atoms with Crippen molar-refractivity contribution in [3.05, 3.63) is 0 Å². The minimum atomic E-state index is -0.429. The Morgan fingerprint density at radius 2 is 1.64 bits per heavy atom. The van der Waals surface area contributed by atoms with Crippen molar-refractivity contribution in [1.29, 1.82) is 0 Å². The zero-order valence-corrected chi connectivity index (χ0v) is 16.9. The molecule has 0 aromatic heterocycles. The summed E-state index contributed by atoms with van der Waals surface area (Å²) in [5, 5.41) is 0. The van der Waals surface area contributed by atoms with Crippen LogP contribution in [-0.4, -0.2) is 93.1 Å². The molecule has 0 aromatic carbocycles. The lowest BCUT2D eigenvalue weighted by molar-refractivity contribution is -0.149. The minimum Gasteiger partial charge on any atom is -0.381 e. The highest BCUT2D eigenvalue weighted by Gasteiger charge is 2.42. The molecule has 0 atom stereocenters. The van der Waals surface area contributed by atoms with Gasteiger partial charge < -0.3 is 20.3 Å². The number of halogens is 2. The van der Waals surface area contributed by atoms with Gasteiger partial charge in [-0.3, -0.25) is 14.5 Å². The van der Waals surface area contributed by atoms with E-state index in [1.807, 2.05) is 4.90 Å². The Morgan fingerprint density at radius 1 is 1.08 bits per heavy atom. The summed E-state index contributed by atoms with van der Waals surface area (Å²) in [5.41, 5.74) is 5.50. The summed E-state index contributed by atoms with van der Waals surface area (Å²) in [6.07, 6.45) is 1.98. The van der Waals surface area contributed by atoms with E-state index in [4.69, 9.17) is 10.5 Å². The molecule has 0 unspecified atom stereocenters. The third-order valence-electron chi connectivity index (χ3n) is 5.09. The first-order valence-electron chi connectivity index (χ1n) is 8.48. The molecule has 0 spiro atoms. The number of rotatable bonds is 5. The Labute approximate surface area is 163 Å². The van der Waals surface area contributed by atoms with Crippen LogP contribution < -0.4 is 5.73 Å². The number of piperazine rings is 1. The predicted molar refractivity (Wildman–Crippen MR) is 102 cm³/mol. The number of hydrogen-bond acceptors (Lipinski definition) is 5. The highest BCUT2D eigenvalue weighted by Crippen LogP contribution is 2.32. The number of nitrogens with two attached hydrogens (primary N) is 1. The van der Waals surface area contributed by atoms with Crippen molar-refractivity contribution >= 4 is 36.6 Å². The SMILES string of the molecule is CN(C)C(=O)CCN1CCN(C(=O)C2(CN)CCOCC2)CC1.Cl.Cl. The average molecular weight is 399 g/mol. The second-order valence-corrected chi connectivity index (χ2v) is 6.77. The molecule has 9 heteroatoms. The van der Waals surface area contributed by atoms with Gasteiger partial charge in [-0.1, -0.05) is 0 Å². The Balaban J connectivity index is 0.00000288. The minimum absolute atomic E-state index is 0. The smallest absolute Gasteiger partial charge is 0.230 e. The van der Waals surface area contributed by atoms with E-state index < -0.39 is 5.41 Å². The van der Waals surface area contributed by atoms with Crippen molar-refractivity contribution in [2.45, 2.75) is 19.3 Å². The molecule has 148 valence electrons. The van der Waals surface area contributed by atoms with Crippen molar-refractivity contribution < 1.29 is 14.3 Å². The number of ether oxygens (including phenoxy) is 1. The van der Waals surface area contributed by atoms with Crippen LogP contribution in [0.4, 0.5) is 0 Å². The quantitative estimate of drug-likeness (QED) is 0.715. The van der Waals surface area contributed by atoms with Crippen molar-refractivity contribution in [3.8, 4) is 0 Å². The monoisotopic (exact) mass is 398 g/mol. The van der Waals surface area contributed by atoms with Crippen LogP contribution in [0.5, 0.6) is 0 Å². The molecule has 2 aliphatic rings. The molecule has 2 saturated heterocycles. The summed E-state index contributed by atoms with van der Waals surface area (Å²) in [6.45, 7) is 5.48. The molecule has 25 heavy (non-hydrogen) atoms. The van der Waals surface area contributed by atoms with Gasteiger partial charge in [-0.15, -0.1) is 24.8 Å². The Bertz CT molecular complexity index is 424. The number of nitrogens with zero attached hydrogens (tertiary/aromatic N) is 3. The van der Waals surface area contributed by atoms with E-state index in [0.717, 1.165) is 45.6 Å². The summed E-state index contributed by atoms with van der Waals surface area (Å²) in [7, 11) is 3.55. The van der Waals surface area contributed by atoms with Gasteiger partial charge >= 0.3 is 0 Å². The van der Waals surface area contributed by atoms with Crippen molar-refractivity contribution in [1.82, 2.24) is 14.7 Å². The summed E-state index contributed by atoms with van der Waals surface area (Å²) in [5.74, 6) is 0.333. The van der Waals surface area contributed by atoms with Crippen LogP contribution in [-0.2, 0) is 14.3 Å². The van der Waals surface area contributed by atoms with Gasteiger partial charge in [-0.25, -0.2) is 0 Å². The molecule has 0 bridgehead atoms. The second kappa shape index (κ2) is 11.2. The lowest BCUT2D eigenvalue weighted by Gasteiger charge is -2.42. The van der Waals surface area contributed by atoms with Gasteiger partial charge in [0.05, 0.1) is 5.41 Å². The maximum atomic E-state index is 12.9. The largest absolute Gasteiger partial charge is 0.381 e. The molecule has 0 saturated carbocycles. The molecule has 2 N–H and O–H groups in total. The fraction of sp³-hybridized carbons (Fsp3) is 0.875. The van der Waals surface area contributed by atoms with Crippen LogP contribution in [0, 0.1) is 5.41 Å². The first kappa shape index (κ1) is 24.4. The lowest BCUT2D eigenvalue weighted by atomic mass is 9.78. The predicted octanol–water partition coefficient (Wildman–Crippen LogP) is 0.208. The summed E-state index contributed by atoms with van der Waals surface area (Å²) < 4.78 is 5.38. The van der Waals surface area contributed by atoms with Crippen LogP contribution in [0.15, 0.2) is 0 Å². The second-order valence-electron chi connectivity index (χ2n) is 6.77. The number of carbonyl (C=O) groups is 2. The van der Waals surface area contributed by atoms with Crippen LogP contribution in [0.2, 0.25) is 0 Å². The van der Waals surface area contributed by atoms with E-state index >= 15 is 0 Å². The summed E-state index contributed by atoms with van der Waals surface area (Å²) in [6, 6.07) is 0. The average Bonchev–Trinajstić information content (AvgIpc) is 2.60. The van der Waals surface area contributed by atoms with E-state index in [9.17, 15) is 9.59 Å². The number of carbonyl (C=O) groups excluding carboxylic acids is 2. The van der Waals surface area contributed by atoms with E-state index in [1.54, 1.807) is 19.0 Å². The fourth-order valence-electron chi connectivity index (χ4n) is 3.25. The first-order valence-corrected chi connectivity index (χ1v) is 8.48. The lowest BCUT2D eigenvalue weighted by Crippen LogP contribution is -2.56. The highest BCUT2D eigenvalue weighted by atomic mass is 35.5. The first-order chi connectivity index (χ1) is 11.0. The zero-order valence-electron chi connectivity index (χ0n) is 15.2. The fourth-order valence-corrected chi connectivity index (χ4v) is 3.25. The molecule has 7 nitrogen and oxygen atoms in total. The molecule has 0 aliphatic carbocycles. The van der Waals surface area contributed by atoms with Crippen LogP contribution in [0.1, 0.15) is 19.3 Å². The molecular weight excluding hydrogens is 367 g/mol. The Morgan fingerprint density at radius 3 is 2.12 bits per heavy atom. The molecule has 2 heterocycles. The topological polar surface area (TPSA) is 79.1 Å². The maximum Gasteiger partial charge on any atom is 0.230 e. The Kier molecular flexibility index (Phi) is 10.9. The molecular formula is C16H32Cl2N4O3. The van der Waals surface area contributed by atoms with Gasteiger partial charge in [0, 0.05) is 73.0 Å². The van der Waals surface area contributed by atoms with Gasteiger partial charge in [0.15, 0.2) is 0 Å². The van der Waals surface area contributed by atoms with Gasteiger partial charge in [0.1, 0.15) is 0 Å². The number of hydrogen-bond donors (Lipinski definition) is 1. The van der Waals surface area contributed by atoms with Crippen LogP contribution in [0.25, 0.3) is 0 Å². The zero-order chi connectivity index (χ0) is 16.9. The summed E-state index contributed by atoms with van der Waals surface area (Å²) in [4.78, 5) is 30.4. The van der Waals surface area contributed by atoms with Gasteiger partial charge in [-0.2, -0.15) is 0 Å². The van der Waals surface area contributed by atoms with Crippen molar-refractivity contribution in [3.63, 3.8) is 0 Å². The molecule has 2 aliphatic heterocycles. The molecule has 0 radical (unpaired) electrons. The van der Waals surface area contributed by atoms with Gasteiger partial charge in [0.25, 0.3) is 0 Å².